The van der Waals surface area contributed by atoms with Crippen LogP contribution < -0.4 is 10.2 Å². The first-order valence-electron chi connectivity index (χ1n) is 8.35. The Kier molecular flexibility index (Phi) is 5.71. The van der Waals surface area contributed by atoms with E-state index >= 15 is 0 Å². The minimum Gasteiger partial charge on any atom is -0.497 e. The van der Waals surface area contributed by atoms with E-state index in [2.05, 4.69) is 15.8 Å². The van der Waals surface area contributed by atoms with E-state index in [4.69, 9.17) is 14.3 Å². The van der Waals surface area contributed by atoms with Crippen molar-refractivity contribution >= 4 is 17.7 Å². The number of nitrogens with zero attached hydrogens (tertiary/aromatic N) is 3. The Labute approximate surface area is 161 Å². The highest BCUT2D eigenvalue weighted by Crippen LogP contribution is 2.28. The van der Waals surface area contributed by atoms with Gasteiger partial charge in [-0.15, -0.1) is 16.9 Å². The van der Waals surface area contributed by atoms with Crippen molar-refractivity contribution in [3.05, 3.63) is 52.3 Å². The molecule has 1 aromatic heterocycles. The predicted molar refractivity (Wildman–Crippen MR) is 101 cm³/mol. The SMILES string of the molecule is COC(=O)c1c(CSC2=CC(C)(C)ON2)nnn1Cc1ccc(OC)cc1. The van der Waals surface area contributed by atoms with Crippen molar-refractivity contribution in [2.45, 2.75) is 31.7 Å². The number of rotatable bonds is 7. The summed E-state index contributed by atoms with van der Waals surface area (Å²) in [5, 5.41) is 9.21. The Bertz CT molecular complexity index is 846. The Balaban J connectivity index is 1.77. The second-order valence-electron chi connectivity index (χ2n) is 6.49. The summed E-state index contributed by atoms with van der Waals surface area (Å²) in [4.78, 5) is 17.7. The Morgan fingerprint density at radius 2 is 2.04 bits per heavy atom. The average Bonchev–Trinajstić information content (AvgIpc) is 3.22. The molecule has 1 aromatic carbocycles. The summed E-state index contributed by atoms with van der Waals surface area (Å²) in [6.07, 6.45) is 1.98. The Morgan fingerprint density at radius 1 is 1.30 bits per heavy atom. The number of hydrogen-bond donors (Lipinski definition) is 1. The van der Waals surface area contributed by atoms with Crippen LogP contribution in [0.2, 0.25) is 0 Å². The topological polar surface area (TPSA) is 87.5 Å². The highest BCUT2D eigenvalue weighted by molar-refractivity contribution is 8.02. The molecule has 1 N–H and O–H groups in total. The number of nitrogens with one attached hydrogen (secondary N) is 1. The standard InChI is InChI=1S/C18H22N4O4S/c1-18(2)9-15(20-26-18)27-11-14-16(17(23)25-4)22(21-19-14)10-12-5-7-13(24-3)8-6-12/h5-9,20H,10-11H2,1-4H3. The zero-order valence-corrected chi connectivity index (χ0v) is 16.5. The molecule has 0 aliphatic carbocycles. The molecule has 1 aliphatic heterocycles. The van der Waals surface area contributed by atoms with E-state index in [0.29, 0.717) is 23.7 Å². The number of thioether (sulfide) groups is 1. The molecule has 0 saturated heterocycles. The summed E-state index contributed by atoms with van der Waals surface area (Å²) in [6.45, 7) is 4.32. The van der Waals surface area contributed by atoms with Gasteiger partial charge in [-0.25, -0.2) is 9.48 Å². The summed E-state index contributed by atoms with van der Waals surface area (Å²) in [5.74, 6) is 0.768. The monoisotopic (exact) mass is 390 g/mol. The molecule has 2 heterocycles. The van der Waals surface area contributed by atoms with Gasteiger partial charge in [-0.2, -0.15) is 0 Å². The van der Waals surface area contributed by atoms with Gasteiger partial charge in [-0.1, -0.05) is 17.3 Å². The quantitative estimate of drug-likeness (QED) is 0.722. The smallest absolute Gasteiger partial charge is 0.358 e. The second-order valence-corrected chi connectivity index (χ2v) is 7.50. The van der Waals surface area contributed by atoms with Crippen molar-refractivity contribution in [2.24, 2.45) is 0 Å². The van der Waals surface area contributed by atoms with E-state index in [9.17, 15) is 4.79 Å². The molecule has 27 heavy (non-hydrogen) atoms. The van der Waals surface area contributed by atoms with Crippen LogP contribution in [0.5, 0.6) is 5.75 Å². The van der Waals surface area contributed by atoms with Gasteiger partial charge < -0.3 is 9.47 Å². The maximum Gasteiger partial charge on any atom is 0.358 e. The number of aromatic nitrogens is 3. The molecule has 0 atom stereocenters. The molecule has 0 fully saturated rings. The molecule has 0 unspecified atom stereocenters. The molecule has 0 radical (unpaired) electrons. The lowest BCUT2D eigenvalue weighted by Gasteiger charge is -2.11. The first-order chi connectivity index (χ1) is 12.9. The van der Waals surface area contributed by atoms with Gasteiger partial charge in [-0.3, -0.25) is 10.3 Å². The van der Waals surface area contributed by atoms with Gasteiger partial charge in [0.25, 0.3) is 0 Å². The molecule has 144 valence electrons. The molecule has 0 spiro atoms. The van der Waals surface area contributed by atoms with Crippen molar-refractivity contribution in [1.29, 1.82) is 0 Å². The number of methoxy groups -OCH3 is 2. The van der Waals surface area contributed by atoms with Crippen molar-refractivity contribution < 1.29 is 19.1 Å². The third-order valence-electron chi connectivity index (χ3n) is 3.93. The van der Waals surface area contributed by atoms with Crippen LogP contribution in [-0.4, -0.2) is 40.8 Å². The minimum atomic E-state index is -0.464. The third kappa shape index (κ3) is 4.61. The molecule has 2 aromatic rings. The lowest BCUT2D eigenvalue weighted by Crippen LogP contribution is -2.20. The second kappa shape index (κ2) is 8.01. The summed E-state index contributed by atoms with van der Waals surface area (Å²) >= 11 is 1.49. The highest BCUT2D eigenvalue weighted by Gasteiger charge is 2.26. The van der Waals surface area contributed by atoms with Gasteiger partial charge in [0.2, 0.25) is 0 Å². The van der Waals surface area contributed by atoms with Crippen LogP contribution in [0.3, 0.4) is 0 Å². The van der Waals surface area contributed by atoms with Crippen LogP contribution in [0.4, 0.5) is 0 Å². The zero-order chi connectivity index (χ0) is 19.4. The molecule has 8 nitrogen and oxygen atoms in total. The minimum absolute atomic E-state index is 0.347. The van der Waals surface area contributed by atoms with Gasteiger partial charge >= 0.3 is 5.97 Å². The number of hydroxylamine groups is 1. The van der Waals surface area contributed by atoms with Crippen LogP contribution >= 0.6 is 11.8 Å². The number of carbonyl (C=O) groups excluding carboxylic acids is 1. The number of ether oxygens (including phenoxy) is 2. The predicted octanol–water partition coefficient (Wildman–Crippen LogP) is 2.51. The van der Waals surface area contributed by atoms with Gasteiger partial charge in [0, 0.05) is 5.75 Å². The molecule has 0 saturated carbocycles. The number of benzene rings is 1. The molecule has 3 rings (SSSR count). The summed E-state index contributed by atoms with van der Waals surface area (Å²) in [6, 6.07) is 7.56. The van der Waals surface area contributed by atoms with Crippen molar-refractivity contribution in [3.8, 4) is 5.75 Å². The fourth-order valence-electron chi connectivity index (χ4n) is 2.55. The molecule has 9 heteroatoms. The largest absolute Gasteiger partial charge is 0.497 e. The number of hydrogen-bond acceptors (Lipinski definition) is 8. The summed E-state index contributed by atoms with van der Waals surface area (Å²) in [5.41, 5.74) is 4.40. The Morgan fingerprint density at radius 3 is 2.63 bits per heavy atom. The van der Waals surface area contributed by atoms with Crippen LogP contribution in [0, 0.1) is 0 Å². The van der Waals surface area contributed by atoms with Crippen LogP contribution in [0.25, 0.3) is 0 Å². The maximum absolute atomic E-state index is 12.3. The first-order valence-corrected chi connectivity index (χ1v) is 9.33. The number of esters is 1. The van der Waals surface area contributed by atoms with Gasteiger partial charge in [0.15, 0.2) is 5.69 Å². The van der Waals surface area contributed by atoms with E-state index < -0.39 is 5.97 Å². The Hall–Kier alpha value is -2.52. The molecular weight excluding hydrogens is 368 g/mol. The van der Waals surface area contributed by atoms with E-state index in [1.807, 2.05) is 44.2 Å². The third-order valence-corrected chi connectivity index (χ3v) is 4.86. The van der Waals surface area contributed by atoms with Crippen LogP contribution in [0.1, 0.15) is 35.6 Å². The van der Waals surface area contributed by atoms with E-state index in [0.717, 1.165) is 16.3 Å². The van der Waals surface area contributed by atoms with E-state index in [1.54, 1.807) is 11.8 Å². The van der Waals surface area contributed by atoms with Gasteiger partial charge in [-0.05, 0) is 37.6 Å². The number of carbonyl (C=O) groups is 1. The van der Waals surface area contributed by atoms with Gasteiger partial charge in [0.1, 0.15) is 17.0 Å². The van der Waals surface area contributed by atoms with E-state index in [-0.39, 0.29) is 5.60 Å². The van der Waals surface area contributed by atoms with Crippen molar-refractivity contribution in [2.75, 3.05) is 14.2 Å². The molecule has 1 aliphatic rings. The summed E-state index contributed by atoms with van der Waals surface area (Å²) in [7, 11) is 2.97. The van der Waals surface area contributed by atoms with E-state index in [1.165, 1.54) is 18.9 Å². The molecular formula is C18H22N4O4S. The average molecular weight is 390 g/mol. The fraction of sp³-hybridized carbons (Fsp3) is 0.389. The maximum atomic E-state index is 12.3. The fourth-order valence-corrected chi connectivity index (χ4v) is 3.51. The normalized spacial score (nSPS) is 15.2. The van der Waals surface area contributed by atoms with Crippen molar-refractivity contribution in [1.82, 2.24) is 20.5 Å². The molecule has 0 bridgehead atoms. The summed E-state index contributed by atoms with van der Waals surface area (Å²) < 4.78 is 11.7. The lowest BCUT2D eigenvalue weighted by molar-refractivity contribution is -0.0126. The van der Waals surface area contributed by atoms with Gasteiger partial charge in [0.05, 0.1) is 25.8 Å². The zero-order valence-electron chi connectivity index (χ0n) is 15.7. The van der Waals surface area contributed by atoms with Crippen LogP contribution in [-0.2, 0) is 21.9 Å². The van der Waals surface area contributed by atoms with Crippen LogP contribution in [0.15, 0.2) is 35.4 Å². The highest BCUT2D eigenvalue weighted by atomic mass is 32.2. The lowest BCUT2D eigenvalue weighted by atomic mass is 10.1. The molecule has 0 amide bonds. The van der Waals surface area contributed by atoms with Crippen molar-refractivity contribution in [3.63, 3.8) is 0 Å². The first kappa shape index (κ1) is 19.2.